The predicted molar refractivity (Wildman–Crippen MR) is 104 cm³/mol. The summed E-state index contributed by atoms with van der Waals surface area (Å²) in [5, 5.41) is 3.64. The Hall–Kier alpha value is -1.75. The van der Waals surface area contributed by atoms with E-state index in [0.29, 0.717) is 28.9 Å². The highest BCUT2D eigenvalue weighted by Crippen LogP contribution is 2.30. The third kappa shape index (κ3) is 5.36. The van der Waals surface area contributed by atoms with Crippen LogP contribution in [0.1, 0.15) is 19.4 Å². The molecule has 4 nitrogen and oxygen atoms in total. The molecule has 0 saturated carbocycles. The summed E-state index contributed by atoms with van der Waals surface area (Å²) in [6.45, 7) is 5.07. The summed E-state index contributed by atoms with van der Waals surface area (Å²) >= 11 is 12.2. The molecule has 6 heteroatoms. The molecular weight excluding hydrogens is 359 g/mol. The summed E-state index contributed by atoms with van der Waals surface area (Å²) in [6.07, 6.45) is 0. The van der Waals surface area contributed by atoms with Crippen molar-refractivity contribution in [2.24, 2.45) is 0 Å². The predicted octanol–water partition coefficient (Wildman–Crippen LogP) is 4.85. The number of likely N-dealkylation sites (N-methyl/N-ethyl adjacent to an activating group) is 1. The highest BCUT2D eigenvalue weighted by atomic mass is 35.5. The van der Waals surface area contributed by atoms with Gasteiger partial charge in [0.05, 0.1) is 28.4 Å². The lowest BCUT2D eigenvalue weighted by Gasteiger charge is -2.24. The second-order valence-corrected chi connectivity index (χ2v) is 6.57. The molecule has 0 saturated heterocycles. The minimum atomic E-state index is -0.348. The number of hydrogen-bond acceptors (Lipinski definition) is 3. The lowest BCUT2D eigenvalue weighted by molar-refractivity contribution is -0.120. The third-order valence-electron chi connectivity index (χ3n) is 3.92. The second-order valence-electron chi connectivity index (χ2n) is 5.75. The van der Waals surface area contributed by atoms with E-state index in [1.165, 1.54) is 0 Å². The van der Waals surface area contributed by atoms with Crippen LogP contribution in [0.3, 0.4) is 0 Å². The van der Waals surface area contributed by atoms with Crippen molar-refractivity contribution in [3.8, 4) is 5.75 Å². The van der Waals surface area contributed by atoms with E-state index in [1.54, 1.807) is 18.2 Å². The molecule has 0 aliphatic rings. The molecule has 1 amide bonds. The van der Waals surface area contributed by atoms with Gasteiger partial charge < -0.3 is 10.1 Å². The van der Waals surface area contributed by atoms with E-state index in [0.717, 1.165) is 11.3 Å². The number of ether oxygens (including phenoxy) is 1. The third-order valence-corrected chi connectivity index (χ3v) is 4.55. The zero-order chi connectivity index (χ0) is 18.4. The first-order valence-electron chi connectivity index (χ1n) is 8.09. The van der Waals surface area contributed by atoms with Crippen molar-refractivity contribution in [3.63, 3.8) is 0 Å². The molecule has 1 N–H and O–H groups in total. The summed E-state index contributed by atoms with van der Waals surface area (Å²) in [5.41, 5.74) is 1.54. The number of carbonyl (C=O) groups excluding carboxylic acids is 1. The summed E-state index contributed by atoms with van der Waals surface area (Å²) in [4.78, 5) is 14.5. The molecule has 0 aliphatic heterocycles. The Morgan fingerprint density at radius 3 is 2.32 bits per heavy atom. The molecule has 0 radical (unpaired) electrons. The fraction of sp³-hybridized carbons (Fsp3) is 0.316. The van der Waals surface area contributed by atoms with Crippen LogP contribution >= 0.6 is 23.2 Å². The van der Waals surface area contributed by atoms with Crippen molar-refractivity contribution in [3.05, 3.63) is 58.1 Å². The zero-order valence-corrected chi connectivity index (χ0v) is 16.1. The van der Waals surface area contributed by atoms with E-state index in [1.807, 2.05) is 50.1 Å². The molecule has 0 fully saturated rings. The van der Waals surface area contributed by atoms with Crippen LogP contribution in [0.2, 0.25) is 10.0 Å². The van der Waals surface area contributed by atoms with Gasteiger partial charge in [-0.05, 0) is 50.7 Å². The Balaban J connectivity index is 1.98. The lowest BCUT2D eigenvalue weighted by Crippen LogP contribution is -2.39. The highest BCUT2D eigenvalue weighted by Gasteiger charge is 2.20. The Kier molecular flexibility index (Phi) is 7.12. The monoisotopic (exact) mass is 380 g/mol. The van der Waals surface area contributed by atoms with Gasteiger partial charge in [0.25, 0.3) is 0 Å². The summed E-state index contributed by atoms with van der Waals surface area (Å²) in [7, 11) is 1.90. The number of carbonyl (C=O) groups is 1. The van der Waals surface area contributed by atoms with E-state index in [4.69, 9.17) is 27.9 Å². The van der Waals surface area contributed by atoms with Gasteiger partial charge >= 0.3 is 0 Å². The first kappa shape index (κ1) is 19.6. The van der Waals surface area contributed by atoms with E-state index in [-0.39, 0.29) is 11.9 Å². The Labute approximate surface area is 158 Å². The van der Waals surface area contributed by atoms with Crippen molar-refractivity contribution in [1.29, 1.82) is 0 Å². The second kappa shape index (κ2) is 9.09. The fourth-order valence-corrected chi connectivity index (χ4v) is 2.82. The van der Waals surface area contributed by atoms with Crippen LogP contribution in [0.5, 0.6) is 5.75 Å². The van der Waals surface area contributed by atoms with Crippen molar-refractivity contribution in [2.45, 2.75) is 26.4 Å². The number of nitrogens with one attached hydrogen (secondary N) is 1. The number of nitrogens with zero attached hydrogens (tertiary/aromatic N) is 1. The SMILES string of the molecule is CCOc1ccc(CN(C)[C@@H](C)C(=O)Nc2c(Cl)cccc2Cl)cc1. The Bertz CT molecular complexity index is 700. The maximum absolute atomic E-state index is 12.5. The average molecular weight is 381 g/mol. The van der Waals surface area contributed by atoms with Gasteiger partial charge in [0.15, 0.2) is 0 Å². The van der Waals surface area contributed by atoms with E-state index in [9.17, 15) is 4.79 Å². The van der Waals surface area contributed by atoms with Crippen LogP contribution in [-0.4, -0.2) is 30.5 Å². The quantitative estimate of drug-likeness (QED) is 0.746. The number of para-hydroxylation sites is 1. The number of benzene rings is 2. The maximum atomic E-state index is 12.5. The molecule has 0 spiro atoms. The highest BCUT2D eigenvalue weighted by molar-refractivity contribution is 6.39. The van der Waals surface area contributed by atoms with Gasteiger partial charge in [-0.3, -0.25) is 9.69 Å². The standard InChI is InChI=1S/C19H22Cl2N2O2/c1-4-25-15-10-8-14(9-11-15)12-23(3)13(2)19(24)22-18-16(20)6-5-7-17(18)21/h5-11,13H,4,12H2,1-3H3,(H,22,24)/t13-/m0/s1. The normalized spacial score (nSPS) is 12.1. The zero-order valence-electron chi connectivity index (χ0n) is 14.6. The number of halogens is 2. The van der Waals surface area contributed by atoms with Gasteiger partial charge in [-0.1, -0.05) is 41.4 Å². The molecule has 2 aromatic carbocycles. The Morgan fingerprint density at radius 1 is 1.16 bits per heavy atom. The van der Waals surface area contributed by atoms with Crippen molar-refractivity contribution >= 4 is 34.8 Å². The number of hydrogen-bond donors (Lipinski definition) is 1. The van der Waals surface area contributed by atoms with Crippen LogP contribution in [0.4, 0.5) is 5.69 Å². The molecule has 25 heavy (non-hydrogen) atoms. The fourth-order valence-electron chi connectivity index (χ4n) is 2.33. The molecule has 0 unspecified atom stereocenters. The molecule has 0 heterocycles. The van der Waals surface area contributed by atoms with Crippen LogP contribution in [0.15, 0.2) is 42.5 Å². The van der Waals surface area contributed by atoms with E-state index in [2.05, 4.69) is 5.32 Å². The summed E-state index contributed by atoms with van der Waals surface area (Å²) in [6, 6.07) is 12.6. The van der Waals surface area contributed by atoms with E-state index >= 15 is 0 Å². The number of amides is 1. The minimum Gasteiger partial charge on any atom is -0.494 e. The van der Waals surface area contributed by atoms with Gasteiger partial charge in [-0.25, -0.2) is 0 Å². The summed E-state index contributed by atoms with van der Waals surface area (Å²) in [5.74, 6) is 0.677. The van der Waals surface area contributed by atoms with Crippen LogP contribution in [-0.2, 0) is 11.3 Å². The molecule has 134 valence electrons. The van der Waals surface area contributed by atoms with Gasteiger partial charge in [0.2, 0.25) is 5.91 Å². The molecular formula is C19H22Cl2N2O2. The van der Waals surface area contributed by atoms with Crippen LogP contribution in [0, 0.1) is 0 Å². The largest absolute Gasteiger partial charge is 0.494 e. The molecule has 2 aromatic rings. The average Bonchev–Trinajstić information content (AvgIpc) is 2.59. The van der Waals surface area contributed by atoms with Crippen molar-refractivity contribution in [2.75, 3.05) is 19.0 Å². The van der Waals surface area contributed by atoms with Crippen molar-refractivity contribution < 1.29 is 9.53 Å². The van der Waals surface area contributed by atoms with Gasteiger partial charge in [0.1, 0.15) is 5.75 Å². The first-order valence-corrected chi connectivity index (χ1v) is 8.84. The lowest BCUT2D eigenvalue weighted by atomic mass is 10.1. The van der Waals surface area contributed by atoms with Crippen LogP contribution < -0.4 is 10.1 Å². The van der Waals surface area contributed by atoms with E-state index < -0.39 is 0 Å². The molecule has 0 bridgehead atoms. The van der Waals surface area contributed by atoms with Gasteiger partial charge in [0, 0.05) is 6.54 Å². The number of anilines is 1. The van der Waals surface area contributed by atoms with Gasteiger partial charge in [-0.2, -0.15) is 0 Å². The first-order chi connectivity index (χ1) is 11.9. The van der Waals surface area contributed by atoms with Crippen molar-refractivity contribution in [1.82, 2.24) is 4.90 Å². The minimum absolute atomic E-state index is 0.163. The smallest absolute Gasteiger partial charge is 0.241 e. The molecule has 0 aliphatic carbocycles. The Morgan fingerprint density at radius 2 is 1.76 bits per heavy atom. The molecule has 1 atom stereocenters. The topological polar surface area (TPSA) is 41.6 Å². The summed E-state index contributed by atoms with van der Waals surface area (Å²) < 4.78 is 5.44. The molecule has 2 rings (SSSR count). The van der Waals surface area contributed by atoms with Crippen LogP contribution in [0.25, 0.3) is 0 Å². The number of rotatable bonds is 7. The van der Waals surface area contributed by atoms with Gasteiger partial charge in [-0.15, -0.1) is 0 Å². The molecule has 0 aromatic heterocycles. The maximum Gasteiger partial charge on any atom is 0.241 e.